The summed E-state index contributed by atoms with van der Waals surface area (Å²) in [5.74, 6) is 0.756. The van der Waals surface area contributed by atoms with Crippen LogP contribution < -0.4 is 4.74 Å². The van der Waals surface area contributed by atoms with Gasteiger partial charge in [-0.3, -0.25) is 4.18 Å². The quantitative estimate of drug-likeness (QED) is 0.310. The summed E-state index contributed by atoms with van der Waals surface area (Å²) in [6.45, 7) is 3.85. The van der Waals surface area contributed by atoms with Crippen LogP contribution in [-0.2, 0) is 20.9 Å². The molecule has 1 heterocycles. The second-order valence-electron chi connectivity index (χ2n) is 7.07. The Kier molecular flexibility index (Phi) is 6.48. The molecule has 0 aliphatic carbocycles. The van der Waals surface area contributed by atoms with E-state index < -0.39 is 16.7 Å². The Morgan fingerprint density at radius 2 is 1.52 bits per heavy atom. The van der Waals surface area contributed by atoms with Gasteiger partial charge in [-0.15, -0.1) is 0 Å². The van der Waals surface area contributed by atoms with Gasteiger partial charge in [-0.25, -0.2) is 4.21 Å². The Hall–Kier alpha value is -0.710. The van der Waals surface area contributed by atoms with Crippen LogP contribution in [0.1, 0.15) is 27.8 Å². The van der Waals surface area contributed by atoms with Crippen molar-refractivity contribution >= 4 is 74.8 Å². The van der Waals surface area contributed by atoms with Crippen LogP contribution in [0.25, 0.3) is 0 Å². The average Bonchev–Trinajstić information content (AvgIpc) is 3.05. The highest BCUT2D eigenvalue weighted by molar-refractivity contribution is 9.11. The summed E-state index contributed by atoms with van der Waals surface area (Å²) >= 11 is 12.5. The number of hydrogen-bond acceptors (Lipinski definition) is 4. The molecule has 1 aliphatic rings. The highest BCUT2D eigenvalue weighted by Gasteiger charge is 2.50. The van der Waals surface area contributed by atoms with Crippen LogP contribution in [-0.4, -0.2) is 16.4 Å². The van der Waals surface area contributed by atoms with Crippen LogP contribution in [0.3, 0.4) is 0 Å². The maximum Gasteiger partial charge on any atom is 0.191 e. The molecule has 3 aromatic rings. The monoisotopic (exact) mass is 692 g/mol. The zero-order valence-corrected chi connectivity index (χ0v) is 23.7. The minimum atomic E-state index is -1.68. The van der Waals surface area contributed by atoms with Crippen molar-refractivity contribution in [3.05, 3.63) is 82.1 Å². The van der Waals surface area contributed by atoms with Crippen molar-refractivity contribution in [1.82, 2.24) is 0 Å². The third-order valence-corrected chi connectivity index (χ3v) is 9.70. The fraction of sp³-hybridized carbons (Fsp3) is 0.182. The Bertz CT molecular complexity index is 1260. The van der Waals surface area contributed by atoms with E-state index in [0.717, 1.165) is 36.8 Å². The smallest absolute Gasteiger partial charge is 0.191 e. The van der Waals surface area contributed by atoms with Gasteiger partial charge in [-0.05, 0) is 118 Å². The normalized spacial score (nSPS) is 20.0. The number of methoxy groups -OCH3 is 1. The molecule has 31 heavy (non-hydrogen) atoms. The molecule has 0 aromatic heterocycles. The molecule has 3 aromatic carbocycles. The van der Waals surface area contributed by atoms with Gasteiger partial charge >= 0.3 is 0 Å². The molecule has 4 rings (SSSR count). The van der Waals surface area contributed by atoms with E-state index >= 15 is 0 Å². The number of aromatic hydroxyl groups is 1. The van der Waals surface area contributed by atoms with E-state index in [9.17, 15) is 9.32 Å². The summed E-state index contributed by atoms with van der Waals surface area (Å²) in [4.78, 5) is 0.615. The topological polar surface area (TPSA) is 55.8 Å². The lowest BCUT2D eigenvalue weighted by molar-refractivity contribution is 0.190. The first kappa shape index (κ1) is 23.4. The van der Waals surface area contributed by atoms with E-state index in [0.29, 0.717) is 19.6 Å². The van der Waals surface area contributed by atoms with E-state index in [-0.39, 0.29) is 5.75 Å². The number of fused-ring (bicyclic) bond motifs is 1. The summed E-state index contributed by atoms with van der Waals surface area (Å²) in [7, 11) is 1.61. The molecular formula is C22H16Br4O4S. The molecule has 9 heteroatoms. The molecule has 0 amide bonds. The first-order valence-corrected chi connectivity index (χ1v) is 13.3. The number of phenolic OH excluding ortho intramolecular Hbond substituents is 1. The number of benzene rings is 3. The molecule has 0 saturated heterocycles. The van der Waals surface area contributed by atoms with Crippen LogP contribution in [0.5, 0.6) is 11.5 Å². The van der Waals surface area contributed by atoms with Crippen molar-refractivity contribution in [3.8, 4) is 11.5 Å². The lowest BCUT2D eigenvalue weighted by atomic mass is 9.77. The first-order chi connectivity index (χ1) is 14.6. The van der Waals surface area contributed by atoms with Crippen molar-refractivity contribution < 1.29 is 18.2 Å². The highest BCUT2D eigenvalue weighted by atomic mass is 79.9. The summed E-state index contributed by atoms with van der Waals surface area (Å²) in [5, 5.41) is 10.4. The molecule has 0 fully saturated rings. The van der Waals surface area contributed by atoms with Gasteiger partial charge in [0.05, 0.1) is 29.9 Å². The molecule has 0 spiro atoms. The summed E-state index contributed by atoms with van der Waals surface area (Å²) in [6.07, 6.45) is 0. The summed E-state index contributed by atoms with van der Waals surface area (Å²) < 4.78 is 27.6. The molecule has 0 radical (unpaired) electrons. The number of phenols is 1. The van der Waals surface area contributed by atoms with Crippen molar-refractivity contribution in [2.45, 2.75) is 24.3 Å². The molecule has 162 valence electrons. The lowest BCUT2D eigenvalue weighted by Gasteiger charge is -2.33. The van der Waals surface area contributed by atoms with Crippen LogP contribution >= 0.6 is 63.7 Å². The number of hydrogen-bond donors (Lipinski definition) is 1. The Labute approximate surface area is 216 Å². The first-order valence-electron chi connectivity index (χ1n) is 9.07. The standard InChI is InChI=1S/C22H16Br4O4S/c1-10-13(8-15(23)20(27)18(10)25)22(12-6-4-5-7-17(12)31(28)30-22)14-9-16(24)21(29-3)19(26)11(14)2/h4-9,27H,1-3H3. The summed E-state index contributed by atoms with van der Waals surface area (Å²) in [5.41, 5.74) is 2.83. The minimum Gasteiger partial charge on any atom is -0.506 e. The molecule has 1 N–H and O–H groups in total. The van der Waals surface area contributed by atoms with Crippen molar-refractivity contribution in [3.63, 3.8) is 0 Å². The van der Waals surface area contributed by atoms with Gasteiger partial charge in [0.15, 0.2) is 16.7 Å². The fourth-order valence-corrected chi connectivity index (χ4v) is 7.68. The largest absolute Gasteiger partial charge is 0.506 e. The fourth-order valence-electron chi connectivity index (χ4n) is 3.95. The lowest BCUT2D eigenvalue weighted by Crippen LogP contribution is -2.31. The average molecular weight is 696 g/mol. The maximum atomic E-state index is 13.1. The Morgan fingerprint density at radius 1 is 0.935 bits per heavy atom. The molecule has 2 atom stereocenters. The van der Waals surface area contributed by atoms with E-state index in [1.165, 1.54) is 0 Å². The van der Waals surface area contributed by atoms with Gasteiger partial charge in [0.25, 0.3) is 0 Å². The third kappa shape index (κ3) is 3.47. The Morgan fingerprint density at radius 3 is 2.16 bits per heavy atom. The number of rotatable bonds is 3. The zero-order chi connectivity index (χ0) is 22.7. The SMILES string of the molecule is COc1c(Br)cc(C2(c3cc(Br)c(O)c(Br)c3C)OS(=O)c3ccccc32)c(C)c1Br. The van der Waals surface area contributed by atoms with Crippen molar-refractivity contribution in [2.75, 3.05) is 7.11 Å². The van der Waals surface area contributed by atoms with Crippen LogP contribution in [0.4, 0.5) is 0 Å². The second kappa shape index (κ2) is 8.57. The van der Waals surface area contributed by atoms with E-state index in [4.69, 9.17) is 8.92 Å². The predicted octanol–water partition coefficient (Wildman–Crippen LogP) is 7.41. The van der Waals surface area contributed by atoms with Crippen LogP contribution in [0, 0.1) is 13.8 Å². The maximum absolute atomic E-state index is 13.1. The molecule has 0 saturated carbocycles. The summed E-state index contributed by atoms with van der Waals surface area (Å²) in [6, 6.07) is 11.3. The van der Waals surface area contributed by atoms with Gasteiger partial charge < -0.3 is 9.84 Å². The van der Waals surface area contributed by atoms with E-state index in [2.05, 4.69) is 63.7 Å². The van der Waals surface area contributed by atoms with Crippen molar-refractivity contribution in [1.29, 1.82) is 0 Å². The van der Waals surface area contributed by atoms with Crippen molar-refractivity contribution in [2.24, 2.45) is 0 Å². The van der Waals surface area contributed by atoms with Crippen LogP contribution in [0.2, 0.25) is 0 Å². The van der Waals surface area contributed by atoms with Gasteiger partial charge in [0, 0.05) is 5.56 Å². The minimum absolute atomic E-state index is 0.0950. The van der Waals surface area contributed by atoms with Crippen LogP contribution in [0.15, 0.2) is 59.2 Å². The Balaban J connectivity index is 2.20. The highest BCUT2D eigenvalue weighted by Crippen LogP contribution is 2.55. The number of ether oxygens (including phenoxy) is 1. The van der Waals surface area contributed by atoms with E-state index in [1.807, 2.05) is 50.2 Å². The third-order valence-electron chi connectivity index (χ3n) is 5.47. The number of halogens is 4. The molecule has 0 bridgehead atoms. The van der Waals surface area contributed by atoms with Gasteiger partial charge in [0.2, 0.25) is 0 Å². The predicted molar refractivity (Wildman–Crippen MR) is 135 cm³/mol. The molecular weight excluding hydrogens is 680 g/mol. The van der Waals surface area contributed by atoms with E-state index in [1.54, 1.807) is 7.11 Å². The second-order valence-corrected chi connectivity index (χ2v) is 11.4. The van der Waals surface area contributed by atoms with Gasteiger partial charge in [-0.1, -0.05) is 18.2 Å². The molecule has 1 aliphatic heterocycles. The van der Waals surface area contributed by atoms with Gasteiger partial charge in [0.1, 0.15) is 11.5 Å². The van der Waals surface area contributed by atoms with Gasteiger partial charge in [-0.2, -0.15) is 0 Å². The molecule has 4 nitrogen and oxygen atoms in total. The zero-order valence-electron chi connectivity index (χ0n) is 16.6. The molecule has 2 unspecified atom stereocenters.